The third-order valence-corrected chi connectivity index (χ3v) is 5.61. The number of carbonyl (C=O) groups excluding carboxylic acids is 2. The highest BCUT2D eigenvalue weighted by atomic mass is 79.9. The van der Waals surface area contributed by atoms with Crippen molar-refractivity contribution < 1.29 is 19.1 Å². The minimum Gasteiger partial charge on any atom is -0.483 e. The Kier molecular flexibility index (Phi) is 7.30. The van der Waals surface area contributed by atoms with Crippen molar-refractivity contribution in [1.82, 2.24) is 0 Å². The summed E-state index contributed by atoms with van der Waals surface area (Å²) in [6.07, 6.45) is 0. The van der Waals surface area contributed by atoms with E-state index in [4.69, 9.17) is 21.1 Å². The van der Waals surface area contributed by atoms with Gasteiger partial charge >= 0.3 is 5.97 Å². The van der Waals surface area contributed by atoms with Gasteiger partial charge in [-0.2, -0.15) is 0 Å². The molecule has 1 N–H and O–H groups in total. The van der Waals surface area contributed by atoms with Crippen LogP contribution in [0.2, 0.25) is 5.02 Å². The fraction of sp³-hybridized carbons (Fsp3) is 0.143. The second kappa shape index (κ2) is 9.91. The van der Waals surface area contributed by atoms with Crippen LogP contribution in [0.25, 0.3) is 11.1 Å². The molecule has 0 saturated carbocycles. The normalized spacial score (nSPS) is 10.4. The first-order chi connectivity index (χ1) is 14.0. The number of nitrogens with one attached hydrogen (secondary N) is 1. The molecule has 8 heteroatoms. The summed E-state index contributed by atoms with van der Waals surface area (Å²) in [5.41, 5.74) is 1.92. The van der Waals surface area contributed by atoms with E-state index in [9.17, 15) is 9.59 Å². The summed E-state index contributed by atoms with van der Waals surface area (Å²) in [6.45, 7) is 1.76. The van der Waals surface area contributed by atoms with E-state index in [-0.39, 0.29) is 19.1 Å². The van der Waals surface area contributed by atoms with Gasteiger partial charge in [-0.25, -0.2) is 4.79 Å². The van der Waals surface area contributed by atoms with Crippen LogP contribution in [0.5, 0.6) is 5.75 Å². The summed E-state index contributed by atoms with van der Waals surface area (Å²) in [5, 5.41) is 5.56. The molecule has 3 rings (SSSR count). The highest BCUT2D eigenvalue weighted by molar-refractivity contribution is 9.10. The molecule has 150 valence electrons. The standard InChI is InChI=1S/C21H17BrClNO4S/c1-2-27-21(26)19-15(13-6-4-3-5-7-13)12-29-20(19)24-18(25)11-28-17-9-8-14(23)10-16(17)22/h3-10,12H,2,11H2,1H3,(H,24,25). The van der Waals surface area contributed by atoms with Gasteiger partial charge in [-0.3, -0.25) is 4.79 Å². The quantitative estimate of drug-likeness (QED) is 0.408. The molecule has 0 radical (unpaired) electrons. The fourth-order valence-electron chi connectivity index (χ4n) is 2.58. The van der Waals surface area contributed by atoms with Crippen LogP contribution in [0, 0.1) is 0 Å². The lowest BCUT2D eigenvalue weighted by Gasteiger charge is -2.10. The summed E-state index contributed by atoms with van der Waals surface area (Å²) in [6, 6.07) is 14.5. The van der Waals surface area contributed by atoms with Gasteiger partial charge in [0.2, 0.25) is 0 Å². The zero-order valence-corrected chi connectivity index (χ0v) is 18.6. The van der Waals surface area contributed by atoms with Gasteiger partial charge in [0, 0.05) is 16.0 Å². The minimum atomic E-state index is -0.482. The van der Waals surface area contributed by atoms with Crippen LogP contribution in [0.4, 0.5) is 5.00 Å². The highest BCUT2D eigenvalue weighted by Crippen LogP contribution is 2.36. The Morgan fingerprint density at radius 2 is 1.93 bits per heavy atom. The molecular formula is C21H17BrClNO4S. The lowest BCUT2D eigenvalue weighted by molar-refractivity contribution is -0.118. The SMILES string of the molecule is CCOC(=O)c1c(-c2ccccc2)csc1NC(=O)COc1ccc(Cl)cc1Br. The molecule has 0 aliphatic heterocycles. The van der Waals surface area contributed by atoms with E-state index in [0.29, 0.717) is 31.4 Å². The van der Waals surface area contributed by atoms with Crippen LogP contribution in [0.3, 0.4) is 0 Å². The number of rotatable bonds is 7. The van der Waals surface area contributed by atoms with Crippen molar-refractivity contribution in [2.45, 2.75) is 6.92 Å². The highest BCUT2D eigenvalue weighted by Gasteiger charge is 2.23. The van der Waals surface area contributed by atoms with Gasteiger partial charge in [0.05, 0.1) is 11.1 Å². The molecule has 3 aromatic rings. The molecule has 0 unspecified atom stereocenters. The van der Waals surface area contributed by atoms with E-state index < -0.39 is 5.97 Å². The van der Waals surface area contributed by atoms with Gasteiger partial charge in [0.1, 0.15) is 16.3 Å². The third kappa shape index (κ3) is 5.38. The van der Waals surface area contributed by atoms with Crippen molar-refractivity contribution in [2.75, 3.05) is 18.5 Å². The number of halogens is 2. The molecule has 0 bridgehead atoms. The van der Waals surface area contributed by atoms with E-state index in [2.05, 4.69) is 21.2 Å². The molecule has 0 aliphatic carbocycles. The Bertz CT molecular complexity index is 1020. The average Bonchev–Trinajstić information content (AvgIpc) is 3.11. The van der Waals surface area contributed by atoms with Gasteiger partial charge in [-0.15, -0.1) is 11.3 Å². The van der Waals surface area contributed by atoms with Crippen molar-refractivity contribution in [2.24, 2.45) is 0 Å². The number of hydrogen-bond donors (Lipinski definition) is 1. The van der Waals surface area contributed by atoms with Crippen molar-refractivity contribution in [3.63, 3.8) is 0 Å². The number of amides is 1. The second-order valence-corrected chi connectivity index (χ2v) is 8.02. The maximum Gasteiger partial charge on any atom is 0.341 e. The molecule has 0 spiro atoms. The summed E-state index contributed by atoms with van der Waals surface area (Å²) >= 11 is 10.5. The fourth-order valence-corrected chi connectivity index (χ4v) is 4.35. The van der Waals surface area contributed by atoms with Crippen molar-refractivity contribution in [3.05, 3.63) is 69.0 Å². The predicted octanol–water partition coefficient (Wildman–Crippen LogP) is 6.03. The number of anilines is 1. The molecule has 0 atom stereocenters. The van der Waals surface area contributed by atoms with Gasteiger partial charge in [-0.1, -0.05) is 41.9 Å². The second-order valence-electron chi connectivity index (χ2n) is 5.85. The molecule has 1 amide bonds. The Morgan fingerprint density at radius 1 is 1.17 bits per heavy atom. The van der Waals surface area contributed by atoms with Gasteiger partial charge in [0.15, 0.2) is 6.61 Å². The van der Waals surface area contributed by atoms with Crippen molar-refractivity contribution in [3.8, 4) is 16.9 Å². The van der Waals surface area contributed by atoms with Gasteiger partial charge < -0.3 is 14.8 Å². The van der Waals surface area contributed by atoms with Crippen LogP contribution in [0.15, 0.2) is 58.4 Å². The molecule has 0 saturated heterocycles. The number of thiophene rings is 1. The summed E-state index contributed by atoms with van der Waals surface area (Å²) < 4.78 is 11.4. The summed E-state index contributed by atoms with van der Waals surface area (Å²) in [5.74, 6) is -0.380. The van der Waals surface area contributed by atoms with Gasteiger partial charge in [0.25, 0.3) is 5.91 Å². The summed E-state index contributed by atoms with van der Waals surface area (Å²) in [7, 11) is 0. The zero-order chi connectivity index (χ0) is 20.8. The monoisotopic (exact) mass is 493 g/mol. The van der Waals surface area contributed by atoms with Crippen LogP contribution in [-0.4, -0.2) is 25.1 Å². The maximum atomic E-state index is 12.5. The molecule has 1 heterocycles. The Hall–Kier alpha value is -2.35. The number of hydrogen-bond acceptors (Lipinski definition) is 5. The predicted molar refractivity (Wildman–Crippen MR) is 119 cm³/mol. The Labute approximate surface area is 185 Å². The van der Waals surface area contributed by atoms with Crippen LogP contribution < -0.4 is 10.1 Å². The maximum absolute atomic E-state index is 12.5. The largest absolute Gasteiger partial charge is 0.483 e. The lowest BCUT2D eigenvalue weighted by Crippen LogP contribution is -2.21. The van der Waals surface area contributed by atoms with Crippen LogP contribution in [0.1, 0.15) is 17.3 Å². The van der Waals surface area contributed by atoms with Crippen molar-refractivity contribution >= 4 is 55.7 Å². The van der Waals surface area contributed by atoms with E-state index in [1.807, 2.05) is 35.7 Å². The molecule has 5 nitrogen and oxygen atoms in total. The van der Waals surface area contributed by atoms with E-state index in [1.165, 1.54) is 11.3 Å². The minimum absolute atomic E-state index is 0.221. The molecule has 29 heavy (non-hydrogen) atoms. The topological polar surface area (TPSA) is 64.6 Å². The smallest absolute Gasteiger partial charge is 0.341 e. The zero-order valence-electron chi connectivity index (χ0n) is 15.4. The molecule has 0 fully saturated rings. The van der Waals surface area contributed by atoms with Crippen LogP contribution in [-0.2, 0) is 9.53 Å². The summed E-state index contributed by atoms with van der Waals surface area (Å²) in [4.78, 5) is 25.0. The number of carbonyl (C=O) groups is 2. The number of benzene rings is 2. The van der Waals surface area contributed by atoms with Gasteiger partial charge in [-0.05, 0) is 46.6 Å². The Morgan fingerprint density at radius 3 is 2.62 bits per heavy atom. The lowest BCUT2D eigenvalue weighted by atomic mass is 10.0. The van der Waals surface area contributed by atoms with E-state index in [1.54, 1.807) is 25.1 Å². The first-order valence-electron chi connectivity index (χ1n) is 8.71. The first kappa shape index (κ1) is 21.4. The first-order valence-corrected chi connectivity index (χ1v) is 10.8. The number of esters is 1. The van der Waals surface area contributed by atoms with E-state index >= 15 is 0 Å². The van der Waals surface area contributed by atoms with E-state index in [0.717, 1.165) is 5.56 Å². The van der Waals surface area contributed by atoms with Crippen LogP contribution >= 0.6 is 38.9 Å². The Balaban J connectivity index is 1.78. The number of ether oxygens (including phenoxy) is 2. The third-order valence-electron chi connectivity index (χ3n) is 3.86. The molecule has 1 aromatic heterocycles. The average molecular weight is 495 g/mol. The molecule has 2 aromatic carbocycles. The molecule has 0 aliphatic rings. The molecular weight excluding hydrogens is 478 g/mol. The van der Waals surface area contributed by atoms with Crippen molar-refractivity contribution in [1.29, 1.82) is 0 Å².